The Labute approximate surface area is 164 Å². The lowest BCUT2D eigenvalue weighted by Crippen LogP contribution is -2.24. The third kappa shape index (κ3) is 4.35. The van der Waals surface area contributed by atoms with Crippen molar-refractivity contribution in [2.45, 2.75) is 6.54 Å². The Bertz CT molecular complexity index is 1000. The highest BCUT2D eigenvalue weighted by Crippen LogP contribution is 2.29. The second-order valence-electron chi connectivity index (χ2n) is 5.69. The van der Waals surface area contributed by atoms with E-state index < -0.39 is 11.7 Å². The summed E-state index contributed by atoms with van der Waals surface area (Å²) in [4.78, 5) is 23.8. The summed E-state index contributed by atoms with van der Waals surface area (Å²) in [5, 5.41) is 4.80. The Morgan fingerprint density at radius 3 is 2.70 bits per heavy atom. The molecular formula is C20H15ClFNO3S. The molecule has 1 N–H and O–H groups in total. The minimum Gasteiger partial charge on any atom is -0.496 e. The van der Waals surface area contributed by atoms with Gasteiger partial charge < -0.3 is 10.1 Å². The van der Waals surface area contributed by atoms with E-state index in [2.05, 4.69) is 5.32 Å². The Kier molecular flexibility index (Phi) is 5.88. The largest absolute Gasteiger partial charge is 0.496 e. The van der Waals surface area contributed by atoms with Crippen LogP contribution >= 0.6 is 22.9 Å². The number of carbonyl (C=O) groups is 2. The van der Waals surface area contributed by atoms with Crippen molar-refractivity contribution >= 4 is 35.1 Å². The molecule has 0 spiro atoms. The third-order valence-electron chi connectivity index (χ3n) is 3.96. The fraction of sp³-hybridized carbons (Fsp3) is 0.100. The molecule has 0 atom stereocenters. The van der Waals surface area contributed by atoms with E-state index >= 15 is 0 Å². The molecule has 0 radical (unpaired) electrons. The molecular weight excluding hydrogens is 389 g/mol. The van der Waals surface area contributed by atoms with Gasteiger partial charge in [0.1, 0.15) is 11.6 Å². The fourth-order valence-corrected chi connectivity index (χ4v) is 3.48. The number of halogens is 2. The Morgan fingerprint density at radius 2 is 2.04 bits per heavy atom. The maximum Gasteiger partial charge on any atom is 0.254 e. The van der Waals surface area contributed by atoms with Crippen molar-refractivity contribution in [3.05, 3.63) is 74.7 Å². The second kappa shape index (κ2) is 8.33. The monoisotopic (exact) mass is 403 g/mol. The normalized spacial score (nSPS) is 10.5. The molecule has 7 heteroatoms. The van der Waals surface area contributed by atoms with Crippen LogP contribution in [0.25, 0.3) is 11.1 Å². The molecule has 0 saturated heterocycles. The van der Waals surface area contributed by atoms with Crippen LogP contribution in [0.3, 0.4) is 0 Å². The van der Waals surface area contributed by atoms with E-state index in [1.165, 1.54) is 30.6 Å². The van der Waals surface area contributed by atoms with Crippen molar-refractivity contribution in [2.24, 2.45) is 0 Å². The van der Waals surface area contributed by atoms with E-state index in [1.807, 2.05) is 17.5 Å². The number of ether oxygens (including phenoxy) is 1. The van der Waals surface area contributed by atoms with Crippen LogP contribution in [0.1, 0.15) is 25.6 Å². The van der Waals surface area contributed by atoms with E-state index in [0.717, 1.165) is 29.0 Å². The molecule has 0 fully saturated rings. The average molecular weight is 404 g/mol. The number of hydrogen-bond acceptors (Lipinski definition) is 4. The summed E-state index contributed by atoms with van der Waals surface area (Å²) in [7, 11) is 1.54. The lowest BCUT2D eigenvalue weighted by atomic mass is 10.0. The Hall–Kier alpha value is -2.70. The number of methoxy groups -OCH3 is 1. The van der Waals surface area contributed by atoms with Gasteiger partial charge in [0.05, 0.1) is 17.6 Å². The molecule has 1 heterocycles. The van der Waals surface area contributed by atoms with Gasteiger partial charge in [0, 0.05) is 17.1 Å². The van der Waals surface area contributed by atoms with Crippen molar-refractivity contribution in [3.63, 3.8) is 0 Å². The highest BCUT2D eigenvalue weighted by atomic mass is 35.5. The van der Waals surface area contributed by atoms with Crippen LogP contribution in [0.4, 0.5) is 4.39 Å². The van der Waals surface area contributed by atoms with Crippen LogP contribution in [0.15, 0.2) is 47.8 Å². The quantitative estimate of drug-likeness (QED) is 0.592. The molecule has 0 aliphatic rings. The molecule has 1 aromatic heterocycles. The molecule has 1 amide bonds. The number of benzene rings is 2. The average Bonchev–Trinajstić information content (AvgIpc) is 3.15. The van der Waals surface area contributed by atoms with Gasteiger partial charge in [-0.2, -0.15) is 0 Å². The first kappa shape index (κ1) is 19.1. The van der Waals surface area contributed by atoms with Crippen LogP contribution in [-0.4, -0.2) is 19.3 Å². The van der Waals surface area contributed by atoms with Crippen LogP contribution in [0.2, 0.25) is 5.02 Å². The zero-order chi connectivity index (χ0) is 19.4. The van der Waals surface area contributed by atoms with E-state index in [9.17, 15) is 14.0 Å². The number of amides is 1. The van der Waals surface area contributed by atoms with E-state index in [-0.39, 0.29) is 17.1 Å². The number of hydrogen-bond donors (Lipinski definition) is 1. The summed E-state index contributed by atoms with van der Waals surface area (Å²) in [5.41, 5.74) is 2.45. The fourth-order valence-electron chi connectivity index (χ4n) is 2.61. The van der Waals surface area contributed by atoms with Gasteiger partial charge in [-0.1, -0.05) is 17.7 Å². The van der Waals surface area contributed by atoms with Gasteiger partial charge in [0.2, 0.25) is 0 Å². The molecule has 0 aliphatic heterocycles. The first-order valence-corrected chi connectivity index (χ1v) is 9.22. The first-order chi connectivity index (χ1) is 13.0. The predicted molar refractivity (Wildman–Crippen MR) is 104 cm³/mol. The standard InChI is InChI=1S/C20H15ClFNO3S/c1-26-19-5-2-12(14-7-16(10-24)27-11-14)6-13(19)9-23-20(25)17-4-3-15(21)8-18(17)22/h2-8,10-11H,9H2,1H3,(H,23,25). The lowest BCUT2D eigenvalue weighted by molar-refractivity contribution is 0.0946. The number of aldehydes is 1. The maximum atomic E-state index is 13.9. The smallest absolute Gasteiger partial charge is 0.254 e. The highest BCUT2D eigenvalue weighted by Gasteiger charge is 2.14. The minimum absolute atomic E-state index is 0.0806. The minimum atomic E-state index is -0.680. The molecule has 4 nitrogen and oxygen atoms in total. The number of carbonyl (C=O) groups excluding carboxylic acids is 2. The van der Waals surface area contributed by atoms with Gasteiger partial charge in [0.15, 0.2) is 6.29 Å². The van der Waals surface area contributed by atoms with Crippen molar-refractivity contribution in [1.29, 1.82) is 0 Å². The topological polar surface area (TPSA) is 55.4 Å². The molecule has 2 aromatic carbocycles. The van der Waals surface area contributed by atoms with E-state index in [1.54, 1.807) is 12.1 Å². The van der Waals surface area contributed by atoms with Gasteiger partial charge in [0.25, 0.3) is 5.91 Å². The zero-order valence-electron chi connectivity index (χ0n) is 14.3. The van der Waals surface area contributed by atoms with Gasteiger partial charge in [-0.3, -0.25) is 9.59 Å². The van der Waals surface area contributed by atoms with Crippen LogP contribution in [-0.2, 0) is 6.54 Å². The molecule has 0 unspecified atom stereocenters. The summed E-state index contributed by atoms with van der Waals surface area (Å²) in [6.07, 6.45) is 0.805. The number of rotatable bonds is 6. The summed E-state index contributed by atoms with van der Waals surface area (Å²) < 4.78 is 19.2. The van der Waals surface area contributed by atoms with Crippen LogP contribution < -0.4 is 10.1 Å². The van der Waals surface area contributed by atoms with Gasteiger partial charge in [-0.15, -0.1) is 11.3 Å². The molecule has 0 saturated carbocycles. The van der Waals surface area contributed by atoms with E-state index in [0.29, 0.717) is 10.6 Å². The van der Waals surface area contributed by atoms with Crippen LogP contribution in [0, 0.1) is 5.82 Å². The molecule has 0 bridgehead atoms. The Balaban J connectivity index is 1.81. The third-order valence-corrected chi connectivity index (χ3v) is 5.06. The van der Waals surface area contributed by atoms with Gasteiger partial charge >= 0.3 is 0 Å². The SMILES string of the molecule is COc1ccc(-c2csc(C=O)c2)cc1CNC(=O)c1ccc(Cl)cc1F. The Morgan fingerprint density at radius 1 is 1.22 bits per heavy atom. The molecule has 138 valence electrons. The molecule has 0 aliphatic carbocycles. The summed E-state index contributed by atoms with van der Waals surface area (Å²) >= 11 is 7.07. The van der Waals surface area contributed by atoms with Crippen molar-refractivity contribution in [1.82, 2.24) is 5.32 Å². The molecule has 3 aromatic rings. The highest BCUT2D eigenvalue weighted by molar-refractivity contribution is 7.12. The maximum absolute atomic E-state index is 13.9. The van der Waals surface area contributed by atoms with Gasteiger partial charge in [-0.25, -0.2) is 4.39 Å². The molecule has 27 heavy (non-hydrogen) atoms. The summed E-state index contributed by atoms with van der Waals surface area (Å²) in [6.45, 7) is 0.155. The van der Waals surface area contributed by atoms with Gasteiger partial charge in [-0.05, 0) is 52.9 Å². The number of nitrogens with one attached hydrogen (secondary N) is 1. The zero-order valence-corrected chi connectivity index (χ0v) is 15.9. The van der Waals surface area contributed by atoms with Crippen molar-refractivity contribution in [2.75, 3.05) is 7.11 Å². The predicted octanol–water partition coefficient (Wildman–Crippen LogP) is 4.96. The van der Waals surface area contributed by atoms with E-state index in [4.69, 9.17) is 16.3 Å². The number of thiophene rings is 1. The molecule has 3 rings (SSSR count). The van der Waals surface area contributed by atoms with Crippen molar-refractivity contribution < 1.29 is 18.7 Å². The first-order valence-electron chi connectivity index (χ1n) is 7.96. The van der Waals surface area contributed by atoms with Crippen molar-refractivity contribution in [3.8, 4) is 16.9 Å². The van der Waals surface area contributed by atoms with Crippen LogP contribution in [0.5, 0.6) is 5.75 Å². The second-order valence-corrected chi connectivity index (χ2v) is 7.07. The summed E-state index contributed by atoms with van der Waals surface area (Å²) in [5.74, 6) is -0.628. The lowest BCUT2D eigenvalue weighted by Gasteiger charge is -2.12. The summed E-state index contributed by atoms with van der Waals surface area (Å²) in [6, 6.07) is 11.2.